The smallest absolute Gasteiger partial charge is 0.317 e. The van der Waals surface area contributed by atoms with Crippen molar-refractivity contribution in [2.24, 2.45) is 0 Å². The van der Waals surface area contributed by atoms with Crippen LogP contribution < -0.4 is 10.2 Å². The van der Waals surface area contributed by atoms with Crippen LogP contribution in [0.1, 0.15) is 17.7 Å². The molecular weight excluding hydrogens is 320 g/mol. The molecule has 2 aromatic heterocycles. The van der Waals surface area contributed by atoms with Crippen LogP contribution in [-0.4, -0.2) is 58.2 Å². The highest BCUT2D eigenvalue weighted by molar-refractivity contribution is 5.97. The number of rotatable bonds is 5. The number of hydrogen-bond donors (Lipinski definition) is 2. The van der Waals surface area contributed by atoms with Crippen LogP contribution in [0, 0.1) is 6.92 Å². The molecule has 8 heteroatoms. The number of aryl methyl sites for hydroxylation is 2. The fourth-order valence-corrected chi connectivity index (χ4v) is 2.85. The standard InChI is InChI=1S/C17H22N6O2/c1-13-14(10-20-21-13)4-2-7-19-17(25)22-8-9-23(16(24)12-22)15-5-3-6-18-11-15/h3,5-6,10-11H,2,4,7-9,12H2,1H3,(H,19,25)(H,20,21). The summed E-state index contributed by atoms with van der Waals surface area (Å²) < 4.78 is 0. The number of aromatic amines is 1. The van der Waals surface area contributed by atoms with E-state index in [2.05, 4.69) is 20.5 Å². The summed E-state index contributed by atoms with van der Waals surface area (Å²) in [6.07, 6.45) is 6.83. The number of aromatic nitrogens is 3. The predicted octanol–water partition coefficient (Wildman–Crippen LogP) is 1.10. The third-order valence-electron chi connectivity index (χ3n) is 4.30. The normalized spacial score (nSPS) is 14.7. The summed E-state index contributed by atoms with van der Waals surface area (Å²) in [4.78, 5) is 31.8. The van der Waals surface area contributed by atoms with Crippen LogP contribution in [0.15, 0.2) is 30.7 Å². The Labute approximate surface area is 146 Å². The fourth-order valence-electron chi connectivity index (χ4n) is 2.85. The lowest BCUT2D eigenvalue weighted by Crippen LogP contribution is -2.55. The van der Waals surface area contributed by atoms with Gasteiger partial charge in [0.15, 0.2) is 0 Å². The third-order valence-corrected chi connectivity index (χ3v) is 4.30. The number of anilines is 1. The third kappa shape index (κ3) is 4.14. The highest BCUT2D eigenvalue weighted by atomic mass is 16.2. The van der Waals surface area contributed by atoms with Crippen molar-refractivity contribution in [1.82, 2.24) is 25.4 Å². The molecular formula is C17H22N6O2. The van der Waals surface area contributed by atoms with Gasteiger partial charge in [-0.1, -0.05) is 0 Å². The van der Waals surface area contributed by atoms with Gasteiger partial charge < -0.3 is 15.1 Å². The number of H-pyrrole nitrogens is 1. The summed E-state index contributed by atoms with van der Waals surface area (Å²) in [6.45, 7) is 3.62. The number of urea groups is 1. The van der Waals surface area contributed by atoms with Gasteiger partial charge in [0.1, 0.15) is 6.54 Å². The Morgan fingerprint density at radius 3 is 2.92 bits per heavy atom. The maximum Gasteiger partial charge on any atom is 0.317 e. The van der Waals surface area contributed by atoms with Crippen LogP contribution in [0.4, 0.5) is 10.5 Å². The summed E-state index contributed by atoms with van der Waals surface area (Å²) in [5.41, 5.74) is 2.99. The first kappa shape index (κ1) is 16.9. The van der Waals surface area contributed by atoms with E-state index < -0.39 is 0 Å². The lowest BCUT2D eigenvalue weighted by atomic mass is 10.1. The zero-order chi connectivity index (χ0) is 17.6. The zero-order valence-corrected chi connectivity index (χ0v) is 14.2. The minimum absolute atomic E-state index is 0.0849. The van der Waals surface area contributed by atoms with Crippen LogP contribution in [0.25, 0.3) is 0 Å². The number of piperazine rings is 1. The molecule has 3 amide bonds. The van der Waals surface area contributed by atoms with Crippen molar-refractivity contribution >= 4 is 17.6 Å². The van der Waals surface area contributed by atoms with Gasteiger partial charge in [-0.25, -0.2) is 4.79 Å². The molecule has 2 N–H and O–H groups in total. The molecule has 0 saturated carbocycles. The Morgan fingerprint density at radius 2 is 2.24 bits per heavy atom. The molecule has 1 aliphatic heterocycles. The van der Waals surface area contributed by atoms with E-state index in [1.807, 2.05) is 19.2 Å². The van der Waals surface area contributed by atoms with E-state index in [-0.39, 0.29) is 18.5 Å². The molecule has 3 heterocycles. The molecule has 0 aliphatic carbocycles. The quantitative estimate of drug-likeness (QED) is 0.796. The van der Waals surface area contributed by atoms with E-state index in [1.165, 1.54) is 0 Å². The first-order valence-electron chi connectivity index (χ1n) is 8.37. The molecule has 0 bridgehead atoms. The average molecular weight is 342 g/mol. The summed E-state index contributed by atoms with van der Waals surface area (Å²) in [7, 11) is 0. The van der Waals surface area contributed by atoms with E-state index in [0.717, 1.165) is 29.8 Å². The van der Waals surface area contributed by atoms with Crippen molar-refractivity contribution in [3.05, 3.63) is 42.0 Å². The van der Waals surface area contributed by atoms with Gasteiger partial charge in [-0.2, -0.15) is 5.10 Å². The summed E-state index contributed by atoms with van der Waals surface area (Å²) in [6, 6.07) is 3.45. The first-order valence-corrected chi connectivity index (χ1v) is 8.37. The minimum Gasteiger partial charge on any atom is -0.338 e. The van der Waals surface area contributed by atoms with Gasteiger partial charge in [-0.05, 0) is 37.5 Å². The van der Waals surface area contributed by atoms with Gasteiger partial charge >= 0.3 is 6.03 Å². The fraction of sp³-hybridized carbons (Fsp3) is 0.412. The van der Waals surface area contributed by atoms with Gasteiger partial charge in [-0.3, -0.25) is 14.9 Å². The molecule has 8 nitrogen and oxygen atoms in total. The molecule has 0 atom stereocenters. The van der Waals surface area contributed by atoms with Crippen molar-refractivity contribution in [2.75, 3.05) is 31.1 Å². The van der Waals surface area contributed by atoms with Crippen molar-refractivity contribution in [1.29, 1.82) is 0 Å². The molecule has 3 rings (SSSR count). The minimum atomic E-state index is -0.192. The molecule has 25 heavy (non-hydrogen) atoms. The summed E-state index contributed by atoms with van der Waals surface area (Å²) in [5.74, 6) is -0.0941. The van der Waals surface area contributed by atoms with Gasteiger partial charge in [0.25, 0.3) is 0 Å². The van der Waals surface area contributed by atoms with E-state index in [9.17, 15) is 9.59 Å². The molecule has 0 aromatic carbocycles. The summed E-state index contributed by atoms with van der Waals surface area (Å²) in [5, 5.41) is 9.77. The molecule has 1 saturated heterocycles. The molecule has 1 fully saturated rings. The molecule has 0 unspecified atom stereocenters. The van der Waals surface area contributed by atoms with E-state index in [4.69, 9.17) is 0 Å². The molecule has 0 spiro atoms. The maximum atomic E-state index is 12.3. The van der Waals surface area contributed by atoms with Crippen molar-refractivity contribution in [2.45, 2.75) is 19.8 Å². The number of nitrogens with zero attached hydrogens (tertiary/aromatic N) is 4. The Morgan fingerprint density at radius 1 is 1.36 bits per heavy atom. The predicted molar refractivity (Wildman–Crippen MR) is 93.2 cm³/mol. The second kappa shape index (κ2) is 7.78. The van der Waals surface area contributed by atoms with Gasteiger partial charge in [-0.15, -0.1) is 0 Å². The van der Waals surface area contributed by atoms with Gasteiger partial charge in [0, 0.05) is 31.5 Å². The lowest BCUT2D eigenvalue weighted by Gasteiger charge is -2.34. The largest absolute Gasteiger partial charge is 0.338 e. The average Bonchev–Trinajstić information content (AvgIpc) is 3.04. The van der Waals surface area contributed by atoms with Crippen molar-refractivity contribution in [3.8, 4) is 0 Å². The SMILES string of the molecule is Cc1[nH]ncc1CCCNC(=O)N1CCN(c2cccnc2)C(=O)C1. The van der Waals surface area contributed by atoms with E-state index in [1.54, 1.807) is 28.3 Å². The van der Waals surface area contributed by atoms with E-state index >= 15 is 0 Å². The Balaban J connectivity index is 1.43. The Hall–Kier alpha value is -2.90. The number of pyridine rings is 1. The highest BCUT2D eigenvalue weighted by Crippen LogP contribution is 2.15. The van der Waals surface area contributed by atoms with Crippen molar-refractivity contribution < 1.29 is 9.59 Å². The number of carbonyl (C=O) groups is 2. The molecule has 132 valence electrons. The summed E-state index contributed by atoms with van der Waals surface area (Å²) >= 11 is 0. The van der Waals surface area contributed by atoms with Gasteiger partial charge in [0.2, 0.25) is 5.91 Å². The monoisotopic (exact) mass is 342 g/mol. The Bertz CT molecular complexity index is 730. The number of nitrogens with one attached hydrogen (secondary N) is 2. The van der Waals surface area contributed by atoms with Gasteiger partial charge in [0.05, 0.1) is 18.1 Å². The molecule has 1 aliphatic rings. The molecule has 2 aromatic rings. The second-order valence-corrected chi connectivity index (χ2v) is 6.03. The van der Waals surface area contributed by atoms with Crippen LogP contribution in [0.3, 0.4) is 0 Å². The maximum absolute atomic E-state index is 12.3. The number of amides is 3. The van der Waals surface area contributed by atoms with Crippen LogP contribution in [0.2, 0.25) is 0 Å². The van der Waals surface area contributed by atoms with E-state index in [0.29, 0.717) is 19.6 Å². The first-order chi connectivity index (χ1) is 12.1. The Kier molecular flexibility index (Phi) is 5.27. The van der Waals surface area contributed by atoms with Crippen molar-refractivity contribution in [3.63, 3.8) is 0 Å². The highest BCUT2D eigenvalue weighted by Gasteiger charge is 2.27. The second-order valence-electron chi connectivity index (χ2n) is 6.03. The van der Waals surface area contributed by atoms with Crippen LogP contribution in [0.5, 0.6) is 0 Å². The van der Waals surface area contributed by atoms with Crippen LogP contribution in [-0.2, 0) is 11.2 Å². The molecule has 0 radical (unpaired) electrons. The lowest BCUT2D eigenvalue weighted by molar-refractivity contribution is -0.120. The number of hydrogen-bond acceptors (Lipinski definition) is 4. The topological polar surface area (TPSA) is 94.2 Å². The van der Waals surface area contributed by atoms with Crippen LogP contribution >= 0.6 is 0 Å². The zero-order valence-electron chi connectivity index (χ0n) is 14.2. The number of carbonyl (C=O) groups excluding carboxylic acids is 2.